The molecule has 1 atom stereocenters. The van der Waals surface area contributed by atoms with E-state index in [0.717, 1.165) is 11.1 Å². The molecule has 0 spiro atoms. The molecule has 3 N–H and O–H groups in total. The van der Waals surface area contributed by atoms with Crippen molar-refractivity contribution >= 4 is 11.7 Å². The van der Waals surface area contributed by atoms with E-state index >= 15 is 0 Å². The maximum Gasteiger partial charge on any atom is 0.249 e. The van der Waals surface area contributed by atoms with Crippen LogP contribution in [-0.2, 0) is 16.0 Å². The van der Waals surface area contributed by atoms with Crippen LogP contribution in [0.3, 0.4) is 0 Å². The quantitative estimate of drug-likeness (QED) is 0.668. The van der Waals surface area contributed by atoms with Gasteiger partial charge in [0.25, 0.3) is 0 Å². The number of hydrogen-bond donors (Lipinski definition) is 3. The number of carbonyl (C=O) groups excluding carboxylic acids is 2. The Morgan fingerprint density at radius 2 is 1.82 bits per heavy atom. The summed E-state index contributed by atoms with van der Waals surface area (Å²) in [4.78, 5) is 23.6. The molecule has 0 heterocycles. The third-order valence-electron chi connectivity index (χ3n) is 3.62. The van der Waals surface area contributed by atoms with Crippen molar-refractivity contribution in [1.29, 1.82) is 0 Å². The molecule has 1 aromatic rings. The van der Waals surface area contributed by atoms with Gasteiger partial charge < -0.3 is 15.5 Å². The summed E-state index contributed by atoms with van der Waals surface area (Å²) in [6.07, 6.45) is -0.753. The predicted octanol–water partition coefficient (Wildman–Crippen LogP) is 0.992. The Morgan fingerprint density at radius 3 is 2.36 bits per heavy atom. The molecule has 0 aliphatic heterocycles. The van der Waals surface area contributed by atoms with Crippen LogP contribution in [0.2, 0.25) is 0 Å². The standard InChI is InChI=1S/C17H25NO4/c1-12-4-6-13(7-5-12)10-14(20)8-9-18-16(22)15(21)17(2,3)11-19/h4-7,15,19,21H,8-11H2,1-3H3,(H,18,22)/t15-/m0/s1. The number of rotatable bonds is 8. The van der Waals surface area contributed by atoms with E-state index in [1.807, 2.05) is 31.2 Å². The van der Waals surface area contributed by atoms with E-state index in [4.69, 9.17) is 5.11 Å². The zero-order valence-electron chi connectivity index (χ0n) is 13.4. The highest BCUT2D eigenvalue weighted by Crippen LogP contribution is 2.19. The number of aliphatic hydroxyl groups excluding tert-OH is 2. The highest BCUT2D eigenvalue weighted by Gasteiger charge is 2.32. The van der Waals surface area contributed by atoms with Gasteiger partial charge in [-0.3, -0.25) is 9.59 Å². The number of Topliss-reactive ketones (excluding diaryl/α,β-unsaturated/α-hetero) is 1. The van der Waals surface area contributed by atoms with Gasteiger partial charge in [0.2, 0.25) is 5.91 Å². The summed E-state index contributed by atoms with van der Waals surface area (Å²) < 4.78 is 0. The normalized spacial score (nSPS) is 12.8. The van der Waals surface area contributed by atoms with Crippen LogP contribution in [0.4, 0.5) is 0 Å². The van der Waals surface area contributed by atoms with Gasteiger partial charge in [-0.25, -0.2) is 0 Å². The van der Waals surface area contributed by atoms with Gasteiger partial charge in [-0.1, -0.05) is 43.7 Å². The fraction of sp³-hybridized carbons (Fsp3) is 0.529. The minimum Gasteiger partial charge on any atom is -0.396 e. The van der Waals surface area contributed by atoms with Crippen molar-refractivity contribution in [3.8, 4) is 0 Å². The Bertz CT molecular complexity index is 508. The van der Waals surface area contributed by atoms with Crippen molar-refractivity contribution in [1.82, 2.24) is 5.32 Å². The van der Waals surface area contributed by atoms with E-state index in [9.17, 15) is 14.7 Å². The second kappa shape index (κ2) is 8.06. The van der Waals surface area contributed by atoms with E-state index in [-0.39, 0.29) is 25.4 Å². The van der Waals surface area contributed by atoms with Crippen molar-refractivity contribution < 1.29 is 19.8 Å². The highest BCUT2D eigenvalue weighted by atomic mass is 16.3. The maximum atomic E-state index is 11.8. The summed E-state index contributed by atoms with van der Waals surface area (Å²) >= 11 is 0. The van der Waals surface area contributed by atoms with E-state index in [2.05, 4.69) is 5.32 Å². The van der Waals surface area contributed by atoms with Crippen molar-refractivity contribution in [3.05, 3.63) is 35.4 Å². The second-order valence-corrected chi connectivity index (χ2v) is 6.29. The van der Waals surface area contributed by atoms with Crippen LogP contribution >= 0.6 is 0 Å². The van der Waals surface area contributed by atoms with Crippen molar-refractivity contribution in [3.63, 3.8) is 0 Å². The third kappa shape index (κ3) is 5.58. The lowest BCUT2D eigenvalue weighted by atomic mass is 9.87. The van der Waals surface area contributed by atoms with Gasteiger partial charge in [-0.2, -0.15) is 0 Å². The first-order chi connectivity index (χ1) is 10.3. The number of benzene rings is 1. The largest absolute Gasteiger partial charge is 0.396 e. The Balaban J connectivity index is 2.36. The Labute approximate surface area is 131 Å². The molecular formula is C17H25NO4. The van der Waals surface area contributed by atoms with Gasteiger partial charge in [0.15, 0.2) is 0 Å². The summed E-state index contributed by atoms with van der Waals surface area (Å²) in [7, 11) is 0. The van der Waals surface area contributed by atoms with Crippen LogP contribution in [-0.4, -0.2) is 41.2 Å². The topological polar surface area (TPSA) is 86.6 Å². The zero-order valence-corrected chi connectivity index (χ0v) is 13.4. The molecule has 0 saturated heterocycles. The minimum atomic E-state index is -1.30. The fourth-order valence-electron chi connectivity index (χ4n) is 1.89. The molecule has 0 bridgehead atoms. The molecule has 0 aromatic heterocycles. The fourth-order valence-corrected chi connectivity index (χ4v) is 1.89. The summed E-state index contributed by atoms with van der Waals surface area (Å²) in [5.74, 6) is -0.540. The smallest absolute Gasteiger partial charge is 0.249 e. The average Bonchev–Trinajstić information content (AvgIpc) is 2.48. The molecule has 0 aliphatic rings. The van der Waals surface area contributed by atoms with Crippen molar-refractivity contribution in [2.24, 2.45) is 5.41 Å². The molecule has 0 radical (unpaired) electrons. The third-order valence-corrected chi connectivity index (χ3v) is 3.62. The van der Waals surface area contributed by atoms with Crippen LogP contribution in [0.5, 0.6) is 0 Å². The monoisotopic (exact) mass is 307 g/mol. The molecule has 1 aromatic carbocycles. The summed E-state index contributed by atoms with van der Waals surface area (Å²) in [5, 5.41) is 21.5. The lowest BCUT2D eigenvalue weighted by Crippen LogP contribution is -2.46. The molecule has 22 heavy (non-hydrogen) atoms. The molecule has 5 heteroatoms. The maximum absolute atomic E-state index is 11.8. The molecule has 0 unspecified atom stereocenters. The zero-order chi connectivity index (χ0) is 16.8. The summed E-state index contributed by atoms with van der Waals surface area (Å²) in [6, 6.07) is 7.74. The van der Waals surface area contributed by atoms with Gasteiger partial charge >= 0.3 is 0 Å². The SMILES string of the molecule is Cc1ccc(CC(=O)CCNC(=O)[C@H](O)C(C)(C)CO)cc1. The summed E-state index contributed by atoms with van der Waals surface area (Å²) in [5.41, 5.74) is 1.18. The van der Waals surface area contributed by atoms with Gasteiger partial charge in [0, 0.05) is 24.8 Å². The lowest BCUT2D eigenvalue weighted by molar-refractivity contribution is -0.137. The molecule has 122 valence electrons. The van der Waals surface area contributed by atoms with Crippen LogP contribution < -0.4 is 5.32 Å². The van der Waals surface area contributed by atoms with Gasteiger partial charge in [-0.05, 0) is 12.5 Å². The van der Waals surface area contributed by atoms with E-state index < -0.39 is 17.4 Å². The van der Waals surface area contributed by atoms with Gasteiger partial charge in [0.1, 0.15) is 11.9 Å². The van der Waals surface area contributed by atoms with Crippen LogP contribution in [0, 0.1) is 12.3 Å². The van der Waals surface area contributed by atoms with Gasteiger partial charge in [-0.15, -0.1) is 0 Å². The number of hydrogen-bond acceptors (Lipinski definition) is 4. The average molecular weight is 307 g/mol. The molecular weight excluding hydrogens is 282 g/mol. The Hall–Kier alpha value is -1.72. The number of carbonyl (C=O) groups is 2. The van der Waals surface area contributed by atoms with Crippen molar-refractivity contribution in [2.75, 3.05) is 13.2 Å². The first-order valence-corrected chi connectivity index (χ1v) is 7.40. The van der Waals surface area contributed by atoms with E-state index in [0.29, 0.717) is 6.42 Å². The number of aryl methyl sites for hydroxylation is 1. The molecule has 0 aliphatic carbocycles. The van der Waals surface area contributed by atoms with Crippen molar-refractivity contribution in [2.45, 2.75) is 39.7 Å². The van der Waals surface area contributed by atoms with Gasteiger partial charge in [0.05, 0.1) is 6.61 Å². The number of aliphatic hydroxyl groups is 2. The minimum absolute atomic E-state index is 0.0278. The summed E-state index contributed by atoms with van der Waals surface area (Å²) in [6.45, 7) is 5.07. The molecule has 0 fully saturated rings. The lowest BCUT2D eigenvalue weighted by Gasteiger charge is -2.27. The first kappa shape index (κ1) is 18.3. The first-order valence-electron chi connectivity index (χ1n) is 7.40. The Kier molecular flexibility index (Phi) is 6.71. The molecule has 5 nitrogen and oxygen atoms in total. The molecule has 1 amide bonds. The Morgan fingerprint density at radius 1 is 1.23 bits per heavy atom. The van der Waals surface area contributed by atoms with E-state index in [1.165, 1.54) is 0 Å². The predicted molar refractivity (Wildman–Crippen MR) is 84.4 cm³/mol. The molecule has 0 saturated carbocycles. The second-order valence-electron chi connectivity index (χ2n) is 6.29. The number of amides is 1. The number of ketones is 1. The van der Waals surface area contributed by atoms with Crippen LogP contribution in [0.25, 0.3) is 0 Å². The highest BCUT2D eigenvalue weighted by molar-refractivity contribution is 5.83. The van der Waals surface area contributed by atoms with Crippen LogP contribution in [0.15, 0.2) is 24.3 Å². The van der Waals surface area contributed by atoms with Crippen LogP contribution in [0.1, 0.15) is 31.4 Å². The molecule has 1 rings (SSSR count). The number of nitrogens with one attached hydrogen (secondary N) is 1. The van der Waals surface area contributed by atoms with E-state index in [1.54, 1.807) is 13.8 Å².